The van der Waals surface area contributed by atoms with Crippen molar-refractivity contribution < 1.29 is 5.11 Å². The lowest BCUT2D eigenvalue weighted by atomic mass is 9.90. The van der Waals surface area contributed by atoms with Gasteiger partial charge < -0.3 is 5.11 Å². The SMILES string of the molecule is O=N[C@@H]1C[C@H](O)C[C@H](N=O)C1. The Labute approximate surface area is 63.7 Å². The van der Waals surface area contributed by atoms with Gasteiger partial charge in [0, 0.05) is 0 Å². The molecule has 1 aliphatic carbocycles. The van der Waals surface area contributed by atoms with E-state index in [1.165, 1.54) is 0 Å². The van der Waals surface area contributed by atoms with E-state index in [-0.39, 0.29) is 0 Å². The van der Waals surface area contributed by atoms with Crippen molar-refractivity contribution >= 4 is 0 Å². The van der Waals surface area contributed by atoms with Gasteiger partial charge in [-0.1, -0.05) is 10.4 Å². The van der Waals surface area contributed by atoms with E-state index in [4.69, 9.17) is 5.11 Å². The fraction of sp³-hybridized carbons (Fsp3) is 1.00. The summed E-state index contributed by atoms with van der Waals surface area (Å²) in [5.41, 5.74) is 0. The number of aliphatic hydroxyl groups is 1. The van der Waals surface area contributed by atoms with Gasteiger partial charge >= 0.3 is 0 Å². The molecule has 0 heterocycles. The lowest BCUT2D eigenvalue weighted by molar-refractivity contribution is 0.111. The highest BCUT2D eigenvalue weighted by Crippen LogP contribution is 2.23. The minimum atomic E-state index is -0.589. The Morgan fingerprint density at radius 2 is 1.45 bits per heavy atom. The third-order valence-corrected chi connectivity index (χ3v) is 1.93. The molecular formula is C6H10N2O3. The summed E-state index contributed by atoms with van der Waals surface area (Å²) in [6.45, 7) is 0. The number of nitrogens with zero attached hydrogens (tertiary/aromatic N) is 2. The molecule has 5 nitrogen and oxygen atoms in total. The number of nitroso groups, excluding NO2 is 2. The minimum Gasteiger partial charge on any atom is -0.393 e. The van der Waals surface area contributed by atoms with Crippen LogP contribution in [-0.4, -0.2) is 23.3 Å². The van der Waals surface area contributed by atoms with E-state index in [0.29, 0.717) is 19.3 Å². The molecule has 0 radical (unpaired) electrons. The monoisotopic (exact) mass is 158 g/mol. The van der Waals surface area contributed by atoms with Crippen LogP contribution in [0.15, 0.2) is 10.4 Å². The highest BCUT2D eigenvalue weighted by molar-refractivity contribution is 4.85. The zero-order chi connectivity index (χ0) is 8.27. The molecule has 0 amide bonds. The quantitative estimate of drug-likeness (QED) is 0.603. The first-order chi connectivity index (χ1) is 5.26. The number of hydrogen-bond donors (Lipinski definition) is 1. The van der Waals surface area contributed by atoms with Gasteiger partial charge in [0.15, 0.2) is 0 Å². The molecule has 1 aliphatic rings. The van der Waals surface area contributed by atoms with Gasteiger partial charge in [0.1, 0.15) is 0 Å². The molecule has 0 spiro atoms. The van der Waals surface area contributed by atoms with Crippen LogP contribution in [0, 0.1) is 9.81 Å². The van der Waals surface area contributed by atoms with Crippen molar-refractivity contribution in [2.24, 2.45) is 10.4 Å². The van der Waals surface area contributed by atoms with Crippen LogP contribution < -0.4 is 0 Å². The largest absolute Gasteiger partial charge is 0.393 e. The van der Waals surface area contributed by atoms with Crippen molar-refractivity contribution in [2.75, 3.05) is 0 Å². The van der Waals surface area contributed by atoms with E-state index in [1.54, 1.807) is 0 Å². The van der Waals surface area contributed by atoms with E-state index in [1.807, 2.05) is 0 Å². The predicted octanol–water partition coefficient (Wildman–Crippen LogP) is 0.801. The van der Waals surface area contributed by atoms with Crippen molar-refractivity contribution in [3.05, 3.63) is 9.81 Å². The second-order valence-corrected chi connectivity index (χ2v) is 2.88. The van der Waals surface area contributed by atoms with E-state index in [9.17, 15) is 9.81 Å². The van der Waals surface area contributed by atoms with Crippen LogP contribution in [-0.2, 0) is 0 Å². The van der Waals surface area contributed by atoms with Crippen LogP contribution in [0.3, 0.4) is 0 Å². The number of hydrogen-bond acceptors (Lipinski definition) is 5. The molecule has 1 N–H and O–H groups in total. The normalized spacial score (nSPS) is 38.1. The summed E-state index contributed by atoms with van der Waals surface area (Å²) >= 11 is 0. The van der Waals surface area contributed by atoms with Crippen molar-refractivity contribution in [1.82, 2.24) is 0 Å². The first-order valence-corrected chi connectivity index (χ1v) is 3.59. The van der Waals surface area contributed by atoms with Gasteiger partial charge in [-0.15, -0.1) is 0 Å². The highest BCUT2D eigenvalue weighted by atomic mass is 16.3. The molecule has 3 atom stereocenters. The molecule has 1 fully saturated rings. The van der Waals surface area contributed by atoms with Gasteiger partial charge in [-0.05, 0) is 19.3 Å². The lowest BCUT2D eigenvalue weighted by Gasteiger charge is -2.23. The van der Waals surface area contributed by atoms with Crippen molar-refractivity contribution in [3.63, 3.8) is 0 Å². The smallest absolute Gasteiger partial charge is 0.0965 e. The van der Waals surface area contributed by atoms with E-state index < -0.39 is 18.2 Å². The second-order valence-electron chi connectivity index (χ2n) is 2.88. The van der Waals surface area contributed by atoms with Gasteiger partial charge in [-0.2, -0.15) is 9.81 Å². The standard InChI is InChI=1S/C6H10N2O3/c9-6-2-4(7-10)1-5(3-6)8-11/h4-6,9H,1-3H2/t4-,5+,6-. The molecule has 62 valence electrons. The molecule has 1 rings (SSSR count). The Bertz CT molecular complexity index is 146. The van der Waals surface area contributed by atoms with Crippen molar-refractivity contribution in [1.29, 1.82) is 0 Å². The Hall–Kier alpha value is -0.840. The fourth-order valence-corrected chi connectivity index (χ4v) is 1.40. The Balaban J connectivity index is 2.49. The summed E-state index contributed by atoms with van der Waals surface area (Å²) in [6, 6.07) is -0.858. The third-order valence-electron chi connectivity index (χ3n) is 1.93. The van der Waals surface area contributed by atoms with Crippen LogP contribution in [0.4, 0.5) is 0 Å². The summed E-state index contributed by atoms with van der Waals surface area (Å²) in [6.07, 6.45) is 0.545. The van der Waals surface area contributed by atoms with Crippen LogP contribution in [0.5, 0.6) is 0 Å². The first kappa shape index (κ1) is 8.26. The van der Waals surface area contributed by atoms with Crippen LogP contribution in [0.25, 0.3) is 0 Å². The second kappa shape index (κ2) is 3.52. The van der Waals surface area contributed by atoms with E-state index in [0.717, 1.165) is 0 Å². The molecule has 0 aromatic carbocycles. The van der Waals surface area contributed by atoms with Gasteiger partial charge in [-0.25, -0.2) is 0 Å². The van der Waals surface area contributed by atoms with E-state index >= 15 is 0 Å². The number of rotatable bonds is 2. The molecule has 5 heteroatoms. The maximum atomic E-state index is 10.1. The molecule has 0 aromatic heterocycles. The Morgan fingerprint density at radius 3 is 1.82 bits per heavy atom. The van der Waals surface area contributed by atoms with Gasteiger partial charge in [0.05, 0.1) is 18.2 Å². The van der Waals surface area contributed by atoms with Gasteiger partial charge in [0.2, 0.25) is 0 Å². The molecule has 0 saturated heterocycles. The Morgan fingerprint density at radius 1 is 1.00 bits per heavy atom. The molecule has 0 aliphatic heterocycles. The third kappa shape index (κ3) is 2.04. The van der Waals surface area contributed by atoms with Crippen LogP contribution in [0.1, 0.15) is 19.3 Å². The topological polar surface area (TPSA) is 79.1 Å². The van der Waals surface area contributed by atoms with Crippen molar-refractivity contribution in [2.45, 2.75) is 37.5 Å². The van der Waals surface area contributed by atoms with Crippen LogP contribution >= 0.6 is 0 Å². The lowest BCUT2D eigenvalue weighted by Crippen LogP contribution is -2.30. The fourth-order valence-electron chi connectivity index (χ4n) is 1.40. The first-order valence-electron chi connectivity index (χ1n) is 3.59. The summed E-state index contributed by atoms with van der Waals surface area (Å²) in [7, 11) is 0. The Kier molecular flexibility index (Phi) is 2.64. The average Bonchev–Trinajstić information content (AvgIpc) is 2.03. The summed E-state index contributed by atoms with van der Waals surface area (Å²) < 4.78 is 0. The molecule has 0 aromatic rings. The maximum Gasteiger partial charge on any atom is 0.0965 e. The van der Waals surface area contributed by atoms with Crippen molar-refractivity contribution in [3.8, 4) is 0 Å². The number of aliphatic hydroxyl groups excluding tert-OH is 1. The van der Waals surface area contributed by atoms with Gasteiger partial charge in [-0.3, -0.25) is 0 Å². The molecule has 0 bridgehead atoms. The zero-order valence-electron chi connectivity index (χ0n) is 6.01. The molecule has 11 heavy (non-hydrogen) atoms. The summed E-state index contributed by atoms with van der Waals surface area (Å²) in [4.78, 5) is 20.1. The highest BCUT2D eigenvalue weighted by Gasteiger charge is 2.28. The zero-order valence-corrected chi connectivity index (χ0v) is 6.01. The van der Waals surface area contributed by atoms with Gasteiger partial charge in [0.25, 0.3) is 0 Å². The molecule has 1 saturated carbocycles. The molecular weight excluding hydrogens is 148 g/mol. The minimum absolute atomic E-state index is 0.371. The summed E-state index contributed by atoms with van der Waals surface area (Å²) in [5, 5.41) is 14.7. The van der Waals surface area contributed by atoms with Crippen LogP contribution in [0.2, 0.25) is 0 Å². The predicted molar refractivity (Wildman–Crippen MR) is 39.0 cm³/mol. The molecule has 0 unspecified atom stereocenters. The van der Waals surface area contributed by atoms with E-state index in [2.05, 4.69) is 10.4 Å². The summed E-state index contributed by atoms with van der Waals surface area (Å²) in [5.74, 6) is 0. The average molecular weight is 158 g/mol. The maximum absolute atomic E-state index is 10.1.